The van der Waals surface area contributed by atoms with Gasteiger partial charge in [-0.15, -0.1) is 10.2 Å². The zero-order valence-corrected chi connectivity index (χ0v) is 16.0. The minimum absolute atomic E-state index is 0.0630. The second kappa shape index (κ2) is 8.95. The van der Waals surface area contributed by atoms with E-state index in [1.54, 1.807) is 6.20 Å². The van der Waals surface area contributed by atoms with Crippen LogP contribution in [-0.4, -0.2) is 30.5 Å². The van der Waals surface area contributed by atoms with Gasteiger partial charge >= 0.3 is 0 Å². The first-order valence-electron chi connectivity index (χ1n) is 10.1. The van der Waals surface area contributed by atoms with E-state index in [1.807, 2.05) is 22.9 Å². The number of carbonyl (C=O) groups is 1. The van der Waals surface area contributed by atoms with Gasteiger partial charge in [0.1, 0.15) is 0 Å². The van der Waals surface area contributed by atoms with Gasteiger partial charge in [0.05, 0.1) is 12.2 Å². The lowest BCUT2D eigenvalue weighted by Gasteiger charge is -2.20. The van der Waals surface area contributed by atoms with Gasteiger partial charge in [0, 0.05) is 37.9 Å². The molecule has 8 heteroatoms. The van der Waals surface area contributed by atoms with Gasteiger partial charge in [-0.2, -0.15) is 0 Å². The fourth-order valence-corrected chi connectivity index (χ4v) is 3.76. The summed E-state index contributed by atoms with van der Waals surface area (Å²) in [6, 6.07) is 1.84. The Kier molecular flexibility index (Phi) is 5.94. The highest BCUT2D eigenvalue weighted by atomic mass is 16.4. The minimum Gasteiger partial charge on any atom is -0.425 e. The number of nitrogens with one attached hydrogen (secondary N) is 1. The third-order valence-corrected chi connectivity index (χ3v) is 5.32. The van der Waals surface area contributed by atoms with Crippen LogP contribution in [0.3, 0.4) is 0 Å². The Bertz CT molecular complexity index is 879. The lowest BCUT2D eigenvalue weighted by Crippen LogP contribution is -2.23. The van der Waals surface area contributed by atoms with Crippen molar-refractivity contribution in [3.63, 3.8) is 0 Å². The summed E-state index contributed by atoms with van der Waals surface area (Å²) in [7, 11) is 0. The number of imidazole rings is 1. The quantitative estimate of drug-likeness (QED) is 0.643. The van der Waals surface area contributed by atoms with Gasteiger partial charge < -0.3 is 9.73 Å². The second-order valence-corrected chi connectivity index (χ2v) is 7.47. The van der Waals surface area contributed by atoms with Gasteiger partial charge in [0.15, 0.2) is 0 Å². The van der Waals surface area contributed by atoms with E-state index in [4.69, 9.17) is 4.42 Å². The topological polar surface area (TPSA) is 98.2 Å². The monoisotopic (exact) mass is 382 g/mol. The molecule has 148 valence electrons. The van der Waals surface area contributed by atoms with Crippen molar-refractivity contribution in [1.29, 1.82) is 0 Å². The molecule has 0 unspecified atom stereocenters. The fourth-order valence-electron chi connectivity index (χ4n) is 3.76. The minimum atomic E-state index is -0.0630. The number of nitrogens with zero attached hydrogens (tertiary/aromatic N) is 5. The molecular formula is C20H26N6O2. The zero-order valence-electron chi connectivity index (χ0n) is 16.0. The van der Waals surface area contributed by atoms with Crippen LogP contribution in [0.4, 0.5) is 0 Å². The molecule has 1 N–H and O–H groups in total. The van der Waals surface area contributed by atoms with E-state index in [0.29, 0.717) is 36.9 Å². The SMILES string of the molecule is O=C(CCc1nnc(CCC2CCCCC2)o1)NCc1cn2cccnc2n1. The first kappa shape index (κ1) is 18.6. The van der Waals surface area contributed by atoms with Crippen molar-refractivity contribution in [3.8, 4) is 0 Å². The van der Waals surface area contributed by atoms with Crippen molar-refractivity contribution in [3.05, 3.63) is 42.1 Å². The molecule has 0 radical (unpaired) electrons. The predicted molar refractivity (Wildman–Crippen MR) is 102 cm³/mol. The summed E-state index contributed by atoms with van der Waals surface area (Å²) in [6.07, 6.45) is 14.9. The number of fused-ring (bicyclic) bond motifs is 1. The Labute approximate surface area is 163 Å². The molecule has 0 aromatic carbocycles. The molecule has 1 amide bonds. The molecule has 0 atom stereocenters. The van der Waals surface area contributed by atoms with Gasteiger partial charge in [-0.05, 0) is 18.4 Å². The molecule has 0 spiro atoms. The summed E-state index contributed by atoms with van der Waals surface area (Å²) in [5, 5.41) is 11.1. The van der Waals surface area contributed by atoms with Crippen molar-refractivity contribution >= 4 is 11.7 Å². The number of amides is 1. The van der Waals surface area contributed by atoms with Crippen molar-refractivity contribution in [1.82, 2.24) is 29.9 Å². The van der Waals surface area contributed by atoms with Crippen LogP contribution in [0.15, 0.2) is 29.1 Å². The molecule has 0 saturated heterocycles. The zero-order chi connectivity index (χ0) is 19.2. The van der Waals surface area contributed by atoms with E-state index < -0.39 is 0 Å². The van der Waals surface area contributed by atoms with E-state index in [1.165, 1.54) is 32.1 Å². The van der Waals surface area contributed by atoms with Crippen molar-refractivity contribution in [2.75, 3.05) is 0 Å². The van der Waals surface area contributed by atoms with Crippen LogP contribution in [0.2, 0.25) is 0 Å². The maximum atomic E-state index is 12.1. The molecule has 1 aliphatic rings. The van der Waals surface area contributed by atoms with Crippen LogP contribution in [0.1, 0.15) is 62.4 Å². The molecule has 8 nitrogen and oxygen atoms in total. The Morgan fingerprint density at radius 2 is 2.00 bits per heavy atom. The number of carbonyl (C=O) groups excluding carboxylic acids is 1. The highest BCUT2D eigenvalue weighted by molar-refractivity contribution is 5.75. The summed E-state index contributed by atoms with van der Waals surface area (Å²) in [6.45, 7) is 0.374. The van der Waals surface area contributed by atoms with Crippen LogP contribution in [0, 0.1) is 5.92 Å². The summed E-state index contributed by atoms with van der Waals surface area (Å²) in [5.74, 6) is 2.58. The summed E-state index contributed by atoms with van der Waals surface area (Å²) < 4.78 is 7.53. The lowest BCUT2D eigenvalue weighted by atomic mass is 9.86. The summed E-state index contributed by atoms with van der Waals surface area (Å²) in [4.78, 5) is 20.6. The molecule has 1 aliphatic carbocycles. The Balaban J connectivity index is 1.18. The Hall–Kier alpha value is -2.77. The average Bonchev–Trinajstić information content (AvgIpc) is 3.36. The molecule has 28 heavy (non-hydrogen) atoms. The number of hydrogen-bond donors (Lipinski definition) is 1. The van der Waals surface area contributed by atoms with Gasteiger partial charge in [-0.3, -0.25) is 9.20 Å². The Morgan fingerprint density at radius 1 is 1.18 bits per heavy atom. The van der Waals surface area contributed by atoms with Crippen molar-refractivity contribution < 1.29 is 9.21 Å². The van der Waals surface area contributed by atoms with Crippen LogP contribution < -0.4 is 5.32 Å². The Morgan fingerprint density at radius 3 is 2.82 bits per heavy atom. The summed E-state index contributed by atoms with van der Waals surface area (Å²) in [5.41, 5.74) is 0.773. The van der Waals surface area contributed by atoms with Crippen LogP contribution in [-0.2, 0) is 24.2 Å². The highest BCUT2D eigenvalue weighted by Crippen LogP contribution is 2.27. The second-order valence-electron chi connectivity index (χ2n) is 7.47. The van der Waals surface area contributed by atoms with E-state index in [2.05, 4.69) is 25.5 Å². The van der Waals surface area contributed by atoms with Crippen LogP contribution >= 0.6 is 0 Å². The molecule has 0 aliphatic heterocycles. The van der Waals surface area contributed by atoms with Crippen LogP contribution in [0.5, 0.6) is 0 Å². The molecule has 1 fully saturated rings. The third-order valence-electron chi connectivity index (χ3n) is 5.32. The molecule has 3 aromatic rings. The van der Waals surface area contributed by atoms with E-state index in [9.17, 15) is 4.79 Å². The fraction of sp³-hybridized carbons (Fsp3) is 0.550. The molecule has 0 bridgehead atoms. The van der Waals surface area contributed by atoms with Gasteiger partial charge in [0.2, 0.25) is 23.5 Å². The van der Waals surface area contributed by atoms with E-state index in [-0.39, 0.29) is 5.91 Å². The standard InChI is InChI=1S/C20H26N6O2/c27-17(22-13-16-14-26-12-4-11-21-20(26)23-16)8-10-19-25-24-18(28-19)9-7-15-5-2-1-3-6-15/h4,11-12,14-15H,1-3,5-10,13H2,(H,22,27). The smallest absolute Gasteiger partial charge is 0.233 e. The average molecular weight is 382 g/mol. The maximum Gasteiger partial charge on any atom is 0.233 e. The largest absolute Gasteiger partial charge is 0.425 e. The molecule has 1 saturated carbocycles. The van der Waals surface area contributed by atoms with Gasteiger partial charge in [0.25, 0.3) is 0 Å². The predicted octanol–water partition coefficient (Wildman–Crippen LogP) is 2.87. The maximum absolute atomic E-state index is 12.1. The number of rotatable bonds is 8. The molecule has 3 heterocycles. The number of aryl methyl sites for hydroxylation is 2. The third kappa shape index (κ3) is 4.94. The van der Waals surface area contributed by atoms with Gasteiger partial charge in [-0.1, -0.05) is 32.1 Å². The molecular weight excluding hydrogens is 356 g/mol. The molecule has 3 aromatic heterocycles. The lowest BCUT2D eigenvalue weighted by molar-refractivity contribution is -0.121. The number of aromatic nitrogens is 5. The van der Waals surface area contributed by atoms with Gasteiger partial charge in [-0.25, -0.2) is 9.97 Å². The normalized spacial score (nSPS) is 15.1. The number of hydrogen-bond acceptors (Lipinski definition) is 6. The molecule has 4 rings (SSSR count). The first-order chi connectivity index (χ1) is 13.8. The first-order valence-corrected chi connectivity index (χ1v) is 10.1. The van der Waals surface area contributed by atoms with Crippen molar-refractivity contribution in [2.24, 2.45) is 5.92 Å². The van der Waals surface area contributed by atoms with E-state index in [0.717, 1.165) is 24.5 Å². The summed E-state index contributed by atoms with van der Waals surface area (Å²) >= 11 is 0. The highest BCUT2D eigenvalue weighted by Gasteiger charge is 2.15. The van der Waals surface area contributed by atoms with Crippen molar-refractivity contribution in [2.45, 2.75) is 64.3 Å². The van der Waals surface area contributed by atoms with E-state index >= 15 is 0 Å². The van der Waals surface area contributed by atoms with Crippen LogP contribution in [0.25, 0.3) is 5.78 Å².